The topological polar surface area (TPSA) is 34.1 Å². The number of rotatable bonds is 10. The number of Topliss-reactive ketones (excluding diaryl/α,β-unsaturated/α-hetero) is 2. The fraction of sp³-hybridized carbons (Fsp3) is 0.583. The van der Waals surface area contributed by atoms with E-state index in [-0.39, 0.29) is 11.6 Å². The summed E-state index contributed by atoms with van der Waals surface area (Å²) in [7, 11) is 0. The van der Waals surface area contributed by atoms with Crippen LogP contribution in [0.2, 0.25) is 0 Å². The summed E-state index contributed by atoms with van der Waals surface area (Å²) in [4.78, 5) is 29.6. The molecule has 0 saturated heterocycles. The highest BCUT2D eigenvalue weighted by Crippen LogP contribution is 2.48. The smallest absolute Gasteiger partial charge is 0.244 e. The van der Waals surface area contributed by atoms with Crippen LogP contribution in [0.5, 0.6) is 0 Å². The average molecular weight is 417 g/mol. The SMILES string of the molecule is CCCCCCc1sc2c(c1C)-c1c(sc(CCCCCC)c1C)C(=O)C2=O. The van der Waals surface area contributed by atoms with Crippen LogP contribution in [0.25, 0.3) is 11.1 Å². The van der Waals surface area contributed by atoms with E-state index in [9.17, 15) is 9.59 Å². The van der Waals surface area contributed by atoms with E-state index in [1.165, 1.54) is 59.4 Å². The number of thiophene rings is 2. The van der Waals surface area contributed by atoms with Crippen molar-refractivity contribution >= 4 is 34.2 Å². The molecule has 2 nitrogen and oxygen atoms in total. The Morgan fingerprint density at radius 2 is 1.00 bits per heavy atom. The number of carbonyl (C=O) groups excluding carboxylic acids is 2. The van der Waals surface area contributed by atoms with Gasteiger partial charge in [-0.2, -0.15) is 0 Å². The van der Waals surface area contributed by atoms with Crippen LogP contribution in [-0.2, 0) is 12.8 Å². The molecule has 0 aromatic carbocycles. The van der Waals surface area contributed by atoms with E-state index in [0.717, 1.165) is 36.8 Å². The van der Waals surface area contributed by atoms with Crippen molar-refractivity contribution in [3.05, 3.63) is 30.6 Å². The molecule has 3 rings (SSSR count). The fourth-order valence-corrected chi connectivity index (χ4v) is 6.73. The molecule has 0 saturated carbocycles. The van der Waals surface area contributed by atoms with Crippen LogP contribution in [0.15, 0.2) is 0 Å². The van der Waals surface area contributed by atoms with E-state index in [1.54, 1.807) is 22.7 Å². The predicted molar refractivity (Wildman–Crippen MR) is 121 cm³/mol. The van der Waals surface area contributed by atoms with E-state index < -0.39 is 0 Å². The van der Waals surface area contributed by atoms with Gasteiger partial charge in [-0.05, 0) is 50.7 Å². The number of hydrogen-bond donors (Lipinski definition) is 0. The van der Waals surface area contributed by atoms with Gasteiger partial charge in [0.25, 0.3) is 0 Å². The molecule has 1 aliphatic carbocycles. The van der Waals surface area contributed by atoms with Crippen molar-refractivity contribution in [2.24, 2.45) is 0 Å². The Balaban J connectivity index is 1.93. The summed E-state index contributed by atoms with van der Waals surface area (Å²) in [5.74, 6) is -0.566. The fourth-order valence-electron chi connectivity index (χ4n) is 4.15. The molecule has 0 unspecified atom stereocenters. The summed E-state index contributed by atoms with van der Waals surface area (Å²) in [5.41, 5.74) is 4.61. The second-order valence-electron chi connectivity index (χ2n) is 7.99. The number of carbonyl (C=O) groups is 2. The van der Waals surface area contributed by atoms with E-state index in [1.807, 2.05) is 0 Å². The van der Waals surface area contributed by atoms with Crippen LogP contribution in [-0.4, -0.2) is 11.6 Å². The van der Waals surface area contributed by atoms with Crippen molar-refractivity contribution in [1.82, 2.24) is 0 Å². The largest absolute Gasteiger partial charge is 0.284 e. The van der Waals surface area contributed by atoms with E-state index in [2.05, 4.69) is 27.7 Å². The minimum Gasteiger partial charge on any atom is -0.284 e. The predicted octanol–water partition coefficient (Wildman–Crippen LogP) is 7.72. The summed E-state index contributed by atoms with van der Waals surface area (Å²) in [5, 5.41) is 0. The summed E-state index contributed by atoms with van der Waals surface area (Å²) < 4.78 is 0. The maximum Gasteiger partial charge on any atom is 0.244 e. The molecule has 0 aliphatic heterocycles. The van der Waals surface area contributed by atoms with Gasteiger partial charge in [0.05, 0.1) is 9.75 Å². The second-order valence-corrected chi connectivity index (χ2v) is 10.2. The van der Waals surface area contributed by atoms with Crippen molar-refractivity contribution in [2.75, 3.05) is 0 Å². The summed E-state index contributed by atoms with van der Waals surface area (Å²) >= 11 is 3.14. The third kappa shape index (κ3) is 4.04. The number of aryl methyl sites for hydroxylation is 2. The zero-order valence-electron chi connectivity index (χ0n) is 17.7. The minimum atomic E-state index is -0.283. The summed E-state index contributed by atoms with van der Waals surface area (Å²) in [6.45, 7) is 8.74. The van der Waals surface area contributed by atoms with Gasteiger partial charge in [-0.25, -0.2) is 0 Å². The van der Waals surface area contributed by atoms with Gasteiger partial charge in [-0.3, -0.25) is 9.59 Å². The van der Waals surface area contributed by atoms with Gasteiger partial charge in [0.2, 0.25) is 11.6 Å². The van der Waals surface area contributed by atoms with Crippen molar-refractivity contribution in [3.8, 4) is 11.1 Å². The molecular weight excluding hydrogens is 384 g/mol. The molecule has 0 amide bonds. The molecule has 2 aromatic rings. The van der Waals surface area contributed by atoms with E-state index in [4.69, 9.17) is 0 Å². The maximum atomic E-state index is 12.8. The molecule has 152 valence electrons. The van der Waals surface area contributed by atoms with Gasteiger partial charge in [0.15, 0.2) is 0 Å². The lowest BCUT2D eigenvalue weighted by atomic mass is 9.88. The third-order valence-corrected chi connectivity index (χ3v) is 8.58. The van der Waals surface area contributed by atoms with Gasteiger partial charge in [-0.15, -0.1) is 22.7 Å². The monoisotopic (exact) mass is 416 g/mol. The molecule has 2 heterocycles. The molecule has 0 fully saturated rings. The molecule has 28 heavy (non-hydrogen) atoms. The zero-order valence-corrected chi connectivity index (χ0v) is 19.3. The van der Waals surface area contributed by atoms with Crippen molar-refractivity contribution in [2.45, 2.75) is 91.9 Å². The standard InChI is InChI=1S/C24H32O2S2/c1-5-7-9-11-13-17-15(3)19-20-16(4)18(14-12-10-8-6-2)28-24(20)22(26)21(25)23(19)27-17/h5-14H2,1-4H3. The van der Waals surface area contributed by atoms with E-state index >= 15 is 0 Å². The molecule has 0 atom stereocenters. The van der Waals surface area contributed by atoms with Crippen LogP contribution >= 0.6 is 22.7 Å². The summed E-state index contributed by atoms with van der Waals surface area (Å²) in [6, 6.07) is 0. The zero-order chi connectivity index (χ0) is 20.3. The highest BCUT2D eigenvalue weighted by molar-refractivity contribution is 7.19. The van der Waals surface area contributed by atoms with Gasteiger partial charge in [-0.1, -0.05) is 52.4 Å². The van der Waals surface area contributed by atoms with Crippen LogP contribution in [0, 0.1) is 13.8 Å². The van der Waals surface area contributed by atoms with E-state index in [0.29, 0.717) is 9.75 Å². The van der Waals surface area contributed by atoms with Gasteiger partial charge >= 0.3 is 0 Å². The van der Waals surface area contributed by atoms with Crippen LogP contribution in [0.1, 0.15) is 105 Å². The Labute approximate surface area is 177 Å². The first-order chi connectivity index (χ1) is 13.5. The lowest BCUT2D eigenvalue weighted by Crippen LogP contribution is -2.18. The van der Waals surface area contributed by atoms with Crippen molar-refractivity contribution in [3.63, 3.8) is 0 Å². The maximum absolute atomic E-state index is 12.8. The number of ketones is 2. The Bertz CT molecular complexity index is 798. The first kappa shape index (κ1) is 21.4. The van der Waals surface area contributed by atoms with Crippen LogP contribution in [0.3, 0.4) is 0 Å². The van der Waals surface area contributed by atoms with Crippen LogP contribution in [0.4, 0.5) is 0 Å². The van der Waals surface area contributed by atoms with Crippen molar-refractivity contribution in [1.29, 1.82) is 0 Å². The molecule has 0 radical (unpaired) electrons. The normalized spacial score (nSPS) is 13.1. The van der Waals surface area contributed by atoms with Crippen LogP contribution < -0.4 is 0 Å². The lowest BCUT2D eigenvalue weighted by molar-refractivity contribution is 0.0820. The Hall–Kier alpha value is -1.26. The Morgan fingerprint density at radius 3 is 1.36 bits per heavy atom. The van der Waals surface area contributed by atoms with Gasteiger partial charge < -0.3 is 0 Å². The minimum absolute atomic E-state index is 0.283. The number of unbranched alkanes of at least 4 members (excludes halogenated alkanes) is 6. The highest BCUT2D eigenvalue weighted by atomic mass is 32.1. The van der Waals surface area contributed by atoms with Crippen molar-refractivity contribution < 1.29 is 9.59 Å². The first-order valence-corrected chi connectivity index (χ1v) is 12.5. The lowest BCUT2D eigenvalue weighted by Gasteiger charge is -2.12. The molecule has 1 aliphatic rings. The molecular formula is C24H32O2S2. The Kier molecular flexibility index (Phi) is 7.27. The molecule has 0 bridgehead atoms. The molecule has 0 spiro atoms. The van der Waals surface area contributed by atoms with Gasteiger partial charge in [0.1, 0.15) is 0 Å². The van der Waals surface area contributed by atoms with Gasteiger partial charge in [0, 0.05) is 20.9 Å². The third-order valence-electron chi connectivity index (χ3n) is 5.87. The Morgan fingerprint density at radius 1 is 0.607 bits per heavy atom. The number of fused-ring (bicyclic) bond motifs is 3. The molecule has 4 heteroatoms. The molecule has 2 aromatic heterocycles. The second kappa shape index (κ2) is 9.49. The summed E-state index contributed by atoms with van der Waals surface area (Å²) in [6.07, 6.45) is 11.8. The highest BCUT2D eigenvalue weighted by Gasteiger charge is 2.37. The quantitative estimate of drug-likeness (QED) is 0.293. The average Bonchev–Trinajstić information content (AvgIpc) is 3.18. The molecule has 0 N–H and O–H groups in total. The first-order valence-electron chi connectivity index (χ1n) is 10.8. The number of hydrogen-bond acceptors (Lipinski definition) is 4.